The van der Waals surface area contributed by atoms with Crippen LogP contribution in [0.5, 0.6) is 0 Å². The number of methoxy groups -OCH3 is 1. The minimum Gasteiger partial charge on any atom is -0.383 e. The van der Waals surface area contributed by atoms with Crippen LogP contribution >= 0.6 is 0 Å². The molecule has 0 saturated heterocycles. The van der Waals surface area contributed by atoms with Crippen molar-refractivity contribution in [2.45, 2.75) is 24.0 Å². The van der Waals surface area contributed by atoms with Gasteiger partial charge in [0.05, 0.1) is 17.1 Å². The summed E-state index contributed by atoms with van der Waals surface area (Å²) >= 11 is 0. The lowest BCUT2D eigenvalue weighted by atomic mass is 10.2. The van der Waals surface area contributed by atoms with Gasteiger partial charge < -0.3 is 4.74 Å². The van der Waals surface area contributed by atoms with Crippen LogP contribution in [0.25, 0.3) is 0 Å². The van der Waals surface area contributed by atoms with Crippen molar-refractivity contribution in [3.8, 4) is 0 Å². The minimum absolute atomic E-state index is 0.167. The van der Waals surface area contributed by atoms with Gasteiger partial charge in [-0.05, 0) is 31.2 Å². The molecule has 0 fully saturated rings. The highest BCUT2D eigenvalue weighted by atomic mass is 32.2. The second-order valence-electron chi connectivity index (χ2n) is 4.00. The van der Waals surface area contributed by atoms with E-state index in [1.807, 2.05) is 0 Å². The first-order valence-electron chi connectivity index (χ1n) is 5.35. The van der Waals surface area contributed by atoms with E-state index in [1.54, 1.807) is 6.92 Å². The third-order valence-electron chi connectivity index (χ3n) is 2.26. The van der Waals surface area contributed by atoms with Gasteiger partial charge in [-0.2, -0.15) is 13.2 Å². The van der Waals surface area contributed by atoms with Crippen LogP contribution in [-0.4, -0.2) is 28.2 Å². The lowest BCUT2D eigenvalue weighted by molar-refractivity contribution is -0.137. The quantitative estimate of drug-likeness (QED) is 0.904. The van der Waals surface area contributed by atoms with Crippen LogP contribution in [0.4, 0.5) is 13.2 Å². The van der Waals surface area contributed by atoms with Crippen LogP contribution < -0.4 is 4.72 Å². The highest BCUT2D eigenvalue weighted by Crippen LogP contribution is 2.29. The Kier molecular flexibility index (Phi) is 4.94. The van der Waals surface area contributed by atoms with Crippen molar-refractivity contribution >= 4 is 10.0 Å². The molecule has 8 heteroatoms. The van der Waals surface area contributed by atoms with Crippen molar-refractivity contribution in [2.75, 3.05) is 13.7 Å². The fourth-order valence-corrected chi connectivity index (χ4v) is 2.67. The van der Waals surface area contributed by atoms with Gasteiger partial charge >= 0.3 is 6.18 Å². The Bertz CT molecular complexity index is 511. The van der Waals surface area contributed by atoms with E-state index in [2.05, 4.69) is 4.72 Å². The van der Waals surface area contributed by atoms with Gasteiger partial charge in [0.1, 0.15) is 0 Å². The Balaban J connectivity index is 2.91. The second kappa shape index (κ2) is 5.89. The average molecular weight is 297 g/mol. The SMILES string of the molecule is COC[C@@H](C)NS(=O)(=O)c1ccc(C(F)(F)F)cc1. The van der Waals surface area contributed by atoms with Crippen molar-refractivity contribution in [2.24, 2.45) is 0 Å². The summed E-state index contributed by atoms with van der Waals surface area (Å²) in [7, 11) is -2.42. The molecule has 0 unspecified atom stereocenters. The van der Waals surface area contributed by atoms with Crippen molar-refractivity contribution in [3.63, 3.8) is 0 Å². The maximum atomic E-state index is 12.3. The fourth-order valence-electron chi connectivity index (χ4n) is 1.44. The summed E-state index contributed by atoms with van der Waals surface area (Å²) in [6, 6.07) is 2.83. The van der Waals surface area contributed by atoms with Crippen LogP contribution in [0.2, 0.25) is 0 Å². The summed E-state index contributed by atoms with van der Waals surface area (Å²) in [5.74, 6) is 0. The molecule has 1 aromatic carbocycles. The second-order valence-corrected chi connectivity index (χ2v) is 5.71. The average Bonchev–Trinajstić information content (AvgIpc) is 2.27. The smallest absolute Gasteiger partial charge is 0.383 e. The minimum atomic E-state index is -4.49. The monoisotopic (exact) mass is 297 g/mol. The molecule has 1 rings (SSSR count). The topological polar surface area (TPSA) is 55.4 Å². The third kappa shape index (κ3) is 4.48. The lowest BCUT2D eigenvalue weighted by Gasteiger charge is -2.13. The molecule has 108 valence electrons. The van der Waals surface area contributed by atoms with Gasteiger partial charge in [0.2, 0.25) is 10.0 Å². The summed E-state index contributed by atoms with van der Waals surface area (Å²) < 4.78 is 67.8. The molecule has 0 bridgehead atoms. The molecule has 1 N–H and O–H groups in total. The van der Waals surface area contributed by atoms with Crippen molar-refractivity contribution < 1.29 is 26.3 Å². The predicted molar refractivity (Wildman–Crippen MR) is 63.1 cm³/mol. The maximum Gasteiger partial charge on any atom is 0.416 e. The van der Waals surface area contributed by atoms with E-state index < -0.39 is 27.8 Å². The van der Waals surface area contributed by atoms with Crippen molar-refractivity contribution in [3.05, 3.63) is 29.8 Å². The molecule has 4 nitrogen and oxygen atoms in total. The summed E-state index contributed by atoms with van der Waals surface area (Å²) in [6.07, 6.45) is -4.49. The number of rotatable bonds is 5. The highest BCUT2D eigenvalue weighted by molar-refractivity contribution is 7.89. The Hall–Kier alpha value is -1.12. The first-order valence-corrected chi connectivity index (χ1v) is 6.83. The lowest BCUT2D eigenvalue weighted by Crippen LogP contribution is -2.35. The molecule has 1 atom stereocenters. The predicted octanol–water partition coefficient (Wildman–Crippen LogP) is 2.02. The zero-order valence-corrected chi connectivity index (χ0v) is 11.2. The van der Waals surface area contributed by atoms with E-state index >= 15 is 0 Å². The molecule has 19 heavy (non-hydrogen) atoms. The molecule has 1 aromatic rings. The molecule has 0 aromatic heterocycles. The molecule has 0 spiro atoms. The molecule has 0 aliphatic heterocycles. The number of ether oxygens (including phenoxy) is 1. The number of halogens is 3. The van der Waals surface area contributed by atoms with Gasteiger partial charge in [-0.1, -0.05) is 0 Å². The third-order valence-corrected chi connectivity index (χ3v) is 3.87. The zero-order chi connectivity index (χ0) is 14.7. The number of alkyl halides is 3. The van der Waals surface area contributed by atoms with Gasteiger partial charge in [0.25, 0.3) is 0 Å². The number of nitrogens with one attached hydrogen (secondary N) is 1. The van der Waals surface area contributed by atoms with Gasteiger partial charge in [-0.25, -0.2) is 13.1 Å². The van der Waals surface area contributed by atoms with Gasteiger partial charge in [-0.15, -0.1) is 0 Å². The van der Waals surface area contributed by atoms with Crippen LogP contribution in [0.1, 0.15) is 12.5 Å². The molecule has 0 radical (unpaired) electrons. The molecule has 0 aliphatic rings. The van der Waals surface area contributed by atoms with Crippen LogP contribution in [0.3, 0.4) is 0 Å². The number of sulfonamides is 1. The van der Waals surface area contributed by atoms with Crippen LogP contribution in [0.15, 0.2) is 29.2 Å². The summed E-state index contributed by atoms with van der Waals surface area (Å²) in [6.45, 7) is 1.75. The number of hydrogen-bond acceptors (Lipinski definition) is 3. The highest BCUT2D eigenvalue weighted by Gasteiger charge is 2.30. The first kappa shape index (κ1) is 15.9. The normalized spacial score (nSPS) is 14.4. The van der Waals surface area contributed by atoms with Crippen LogP contribution in [-0.2, 0) is 20.9 Å². The summed E-state index contributed by atoms with van der Waals surface area (Å²) in [5, 5.41) is 0. The van der Waals surface area contributed by atoms with E-state index in [4.69, 9.17) is 4.74 Å². The summed E-state index contributed by atoms with van der Waals surface area (Å²) in [4.78, 5) is -0.219. The van der Waals surface area contributed by atoms with E-state index in [0.29, 0.717) is 0 Å². The Labute approximate surface area is 109 Å². The standard InChI is InChI=1S/C11H14F3NO3S/c1-8(7-18-2)15-19(16,17)10-5-3-9(4-6-10)11(12,13)14/h3-6,8,15H,7H2,1-2H3/t8-/m1/s1. The molecule has 0 heterocycles. The molecule has 0 saturated carbocycles. The van der Waals surface area contributed by atoms with E-state index in [-0.39, 0.29) is 11.5 Å². The van der Waals surface area contributed by atoms with Gasteiger partial charge in [0, 0.05) is 13.2 Å². The summed E-state index contributed by atoms with van der Waals surface area (Å²) in [5.41, 5.74) is -0.892. The van der Waals surface area contributed by atoms with Crippen molar-refractivity contribution in [1.82, 2.24) is 4.72 Å². The Morgan fingerprint density at radius 2 is 1.79 bits per heavy atom. The largest absolute Gasteiger partial charge is 0.416 e. The maximum absolute atomic E-state index is 12.3. The van der Waals surface area contributed by atoms with Crippen molar-refractivity contribution in [1.29, 1.82) is 0 Å². The van der Waals surface area contributed by atoms with Gasteiger partial charge in [0.15, 0.2) is 0 Å². The molecular weight excluding hydrogens is 283 g/mol. The molecular formula is C11H14F3NO3S. The van der Waals surface area contributed by atoms with E-state index in [1.165, 1.54) is 7.11 Å². The molecule has 0 amide bonds. The number of benzene rings is 1. The Morgan fingerprint density at radius 3 is 2.21 bits per heavy atom. The van der Waals surface area contributed by atoms with Gasteiger partial charge in [-0.3, -0.25) is 0 Å². The number of hydrogen-bond donors (Lipinski definition) is 1. The Morgan fingerprint density at radius 1 is 1.26 bits per heavy atom. The van der Waals surface area contributed by atoms with E-state index in [9.17, 15) is 21.6 Å². The van der Waals surface area contributed by atoms with E-state index in [0.717, 1.165) is 24.3 Å². The molecule has 0 aliphatic carbocycles. The zero-order valence-electron chi connectivity index (χ0n) is 10.4. The first-order chi connectivity index (χ1) is 8.66. The fraction of sp³-hybridized carbons (Fsp3) is 0.455. The van der Waals surface area contributed by atoms with Crippen LogP contribution in [0, 0.1) is 0 Å².